The summed E-state index contributed by atoms with van der Waals surface area (Å²) in [5, 5.41) is 5.70. The second-order valence-corrected chi connectivity index (χ2v) is 6.74. The minimum atomic E-state index is -0.730. The predicted octanol–water partition coefficient (Wildman–Crippen LogP) is 2.60. The number of ether oxygens (including phenoxy) is 1. The van der Waals surface area contributed by atoms with E-state index in [1.165, 1.54) is 0 Å². The Labute approximate surface area is 173 Å². The van der Waals surface area contributed by atoms with E-state index in [9.17, 15) is 14.4 Å². The van der Waals surface area contributed by atoms with Crippen molar-refractivity contribution in [3.05, 3.63) is 53.8 Å². The van der Waals surface area contributed by atoms with Crippen LogP contribution in [0.15, 0.2) is 46.9 Å². The van der Waals surface area contributed by atoms with Crippen LogP contribution in [0, 0.1) is 6.92 Å². The summed E-state index contributed by atoms with van der Waals surface area (Å²) in [4.78, 5) is 41.0. The first-order chi connectivity index (χ1) is 14.4. The number of aryl methyl sites for hydroxylation is 1. The highest BCUT2D eigenvalue weighted by atomic mass is 16.5. The zero-order valence-electron chi connectivity index (χ0n) is 17.0. The third-order valence-electron chi connectivity index (χ3n) is 4.39. The molecule has 3 aromatic rings. The number of benzene rings is 1. The van der Waals surface area contributed by atoms with E-state index in [2.05, 4.69) is 15.6 Å². The number of pyridine rings is 1. The summed E-state index contributed by atoms with van der Waals surface area (Å²) >= 11 is 0. The summed E-state index contributed by atoms with van der Waals surface area (Å²) in [6, 6.07) is 11.6. The lowest BCUT2D eigenvalue weighted by molar-refractivity contribution is -0.130. The molecular formula is C22H23N3O5. The Balaban J connectivity index is 1.77. The number of fused-ring (bicyclic) bond motifs is 1. The van der Waals surface area contributed by atoms with Crippen LogP contribution in [0.1, 0.15) is 30.0 Å². The lowest BCUT2D eigenvalue weighted by Crippen LogP contribution is -2.46. The Morgan fingerprint density at radius 2 is 1.93 bits per heavy atom. The number of nitrogens with zero attached hydrogens (tertiary/aromatic N) is 1. The normalized spacial score (nSPS) is 11.7. The molecule has 8 heteroatoms. The van der Waals surface area contributed by atoms with Crippen molar-refractivity contribution < 1.29 is 23.5 Å². The fraction of sp³-hybridized carbons (Fsp3) is 0.273. The number of hydrogen-bond donors (Lipinski definition) is 2. The van der Waals surface area contributed by atoms with Gasteiger partial charge in [-0.05, 0) is 45.0 Å². The van der Waals surface area contributed by atoms with Crippen LogP contribution in [-0.4, -0.2) is 42.0 Å². The molecular weight excluding hydrogens is 386 g/mol. The Morgan fingerprint density at radius 1 is 1.17 bits per heavy atom. The van der Waals surface area contributed by atoms with Crippen LogP contribution < -0.4 is 10.6 Å². The summed E-state index contributed by atoms with van der Waals surface area (Å²) in [7, 11) is 0. The molecule has 0 saturated heterocycles. The number of furan rings is 1. The van der Waals surface area contributed by atoms with E-state index in [4.69, 9.17) is 9.15 Å². The van der Waals surface area contributed by atoms with Gasteiger partial charge in [0.1, 0.15) is 17.5 Å². The number of nitrogens with one attached hydrogen (secondary N) is 2. The van der Waals surface area contributed by atoms with Crippen LogP contribution in [0.3, 0.4) is 0 Å². The minimum Gasteiger partial charge on any atom is -0.460 e. The van der Waals surface area contributed by atoms with Crippen LogP contribution in [0.4, 0.5) is 0 Å². The van der Waals surface area contributed by atoms with Crippen molar-refractivity contribution >= 4 is 28.7 Å². The number of esters is 1. The predicted molar refractivity (Wildman–Crippen MR) is 111 cm³/mol. The Kier molecular flexibility index (Phi) is 6.46. The molecule has 3 rings (SSSR count). The molecule has 0 aliphatic heterocycles. The fourth-order valence-corrected chi connectivity index (χ4v) is 2.93. The fourth-order valence-electron chi connectivity index (χ4n) is 2.93. The van der Waals surface area contributed by atoms with E-state index in [1.54, 1.807) is 44.2 Å². The average molecular weight is 409 g/mol. The maximum Gasteiger partial charge on any atom is 0.339 e. The van der Waals surface area contributed by atoms with Gasteiger partial charge in [-0.25, -0.2) is 9.78 Å². The van der Waals surface area contributed by atoms with Crippen molar-refractivity contribution in [1.82, 2.24) is 15.6 Å². The number of hydrogen-bond acceptors (Lipinski definition) is 6. The van der Waals surface area contributed by atoms with Gasteiger partial charge in [-0.2, -0.15) is 0 Å². The summed E-state index contributed by atoms with van der Waals surface area (Å²) < 4.78 is 10.8. The Bertz CT molecular complexity index is 1090. The number of aromatic nitrogens is 1. The van der Waals surface area contributed by atoms with Crippen molar-refractivity contribution in [3.63, 3.8) is 0 Å². The number of carbonyl (C=O) groups is 3. The van der Waals surface area contributed by atoms with Crippen LogP contribution >= 0.6 is 0 Å². The van der Waals surface area contributed by atoms with Crippen molar-refractivity contribution in [1.29, 1.82) is 0 Å². The molecule has 0 spiro atoms. The third kappa shape index (κ3) is 4.83. The highest BCUT2D eigenvalue weighted by Crippen LogP contribution is 2.26. The number of likely N-dealkylation sites (N-methyl/N-ethyl adjacent to an activating group) is 1. The van der Waals surface area contributed by atoms with E-state index < -0.39 is 24.5 Å². The molecule has 0 aliphatic rings. The Morgan fingerprint density at radius 3 is 2.63 bits per heavy atom. The standard InChI is InChI=1S/C22H23N3O5/c1-4-23-21(27)14(3)24-20(26)12-29-22(28)16-11-18(19-10-9-13(2)30-19)25-17-8-6-5-7-15(16)17/h5-11,14H,4,12H2,1-3H3,(H,23,27)(H,24,26)/t14-/m0/s1. The highest BCUT2D eigenvalue weighted by Gasteiger charge is 2.19. The van der Waals surface area contributed by atoms with Gasteiger partial charge in [0.05, 0.1) is 11.1 Å². The van der Waals surface area contributed by atoms with E-state index in [0.717, 1.165) is 5.76 Å². The molecule has 2 N–H and O–H groups in total. The SMILES string of the molecule is CCNC(=O)[C@H](C)NC(=O)COC(=O)c1cc(-c2ccc(C)o2)nc2ccccc12. The molecule has 2 heterocycles. The van der Waals surface area contributed by atoms with Gasteiger partial charge in [-0.15, -0.1) is 0 Å². The first kappa shape index (κ1) is 21.0. The summed E-state index contributed by atoms with van der Waals surface area (Å²) in [6.07, 6.45) is 0. The lowest BCUT2D eigenvalue weighted by atomic mass is 10.1. The Hall–Kier alpha value is -3.68. The van der Waals surface area contributed by atoms with Gasteiger partial charge in [-0.3, -0.25) is 9.59 Å². The molecule has 30 heavy (non-hydrogen) atoms. The maximum absolute atomic E-state index is 12.7. The average Bonchev–Trinajstić information content (AvgIpc) is 3.17. The topological polar surface area (TPSA) is 111 Å². The van der Waals surface area contributed by atoms with Crippen molar-refractivity contribution in [2.75, 3.05) is 13.2 Å². The van der Waals surface area contributed by atoms with Crippen molar-refractivity contribution in [3.8, 4) is 11.5 Å². The number of amides is 2. The molecule has 156 valence electrons. The lowest BCUT2D eigenvalue weighted by Gasteiger charge is -2.13. The molecule has 1 aromatic carbocycles. The first-order valence-corrected chi connectivity index (χ1v) is 9.59. The number of carbonyl (C=O) groups excluding carboxylic acids is 3. The van der Waals surface area contributed by atoms with Gasteiger partial charge < -0.3 is 19.8 Å². The molecule has 2 aromatic heterocycles. The second kappa shape index (κ2) is 9.21. The van der Waals surface area contributed by atoms with E-state index in [1.807, 2.05) is 19.1 Å². The largest absolute Gasteiger partial charge is 0.460 e. The van der Waals surface area contributed by atoms with Crippen LogP contribution in [0.2, 0.25) is 0 Å². The van der Waals surface area contributed by atoms with Gasteiger partial charge in [0, 0.05) is 11.9 Å². The number of rotatable bonds is 7. The molecule has 0 fully saturated rings. The van der Waals surface area contributed by atoms with Crippen LogP contribution in [-0.2, 0) is 14.3 Å². The zero-order chi connectivity index (χ0) is 21.7. The van der Waals surface area contributed by atoms with E-state index in [0.29, 0.717) is 28.9 Å². The molecule has 1 atom stereocenters. The maximum atomic E-state index is 12.7. The van der Waals surface area contributed by atoms with Gasteiger partial charge in [-0.1, -0.05) is 18.2 Å². The van der Waals surface area contributed by atoms with Gasteiger partial charge in [0.25, 0.3) is 5.91 Å². The molecule has 0 radical (unpaired) electrons. The summed E-state index contributed by atoms with van der Waals surface area (Å²) in [6.45, 7) is 5.11. The summed E-state index contributed by atoms with van der Waals surface area (Å²) in [5.74, 6) is -0.292. The molecule has 0 aliphatic carbocycles. The van der Waals surface area contributed by atoms with Crippen LogP contribution in [0.5, 0.6) is 0 Å². The first-order valence-electron chi connectivity index (χ1n) is 9.59. The molecule has 8 nitrogen and oxygen atoms in total. The van der Waals surface area contributed by atoms with E-state index in [-0.39, 0.29) is 11.5 Å². The van der Waals surface area contributed by atoms with Gasteiger partial charge >= 0.3 is 5.97 Å². The van der Waals surface area contributed by atoms with Crippen molar-refractivity contribution in [2.45, 2.75) is 26.8 Å². The minimum absolute atomic E-state index is 0.272. The van der Waals surface area contributed by atoms with Gasteiger partial charge in [0.2, 0.25) is 5.91 Å². The van der Waals surface area contributed by atoms with E-state index >= 15 is 0 Å². The van der Waals surface area contributed by atoms with Gasteiger partial charge in [0.15, 0.2) is 12.4 Å². The van der Waals surface area contributed by atoms with Crippen LogP contribution in [0.25, 0.3) is 22.4 Å². The summed E-state index contributed by atoms with van der Waals surface area (Å²) in [5.41, 5.74) is 1.36. The smallest absolute Gasteiger partial charge is 0.339 e. The molecule has 0 bridgehead atoms. The third-order valence-corrected chi connectivity index (χ3v) is 4.39. The molecule has 2 amide bonds. The molecule has 0 saturated carbocycles. The monoisotopic (exact) mass is 409 g/mol. The second-order valence-electron chi connectivity index (χ2n) is 6.74. The quantitative estimate of drug-likeness (QED) is 0.581. The highest BCUT2D eigenvalue weighted by molar-refractivity contribution is 6.05. The molecule has 0 unspecified atom stereocenters. The zero-order valence-corrected chi connectivity index (χ0v) is 17.0. The number of para-hydroxylation sites is 1. The van der Waals surface area contributed by atoms with Crippen molar-refractivity contribution in [2.24, 2.45) is 0 Å².